The van der Waals surface area contributed by atoms with Crippen LogP contribution in [0.1, 0.15) is 20.8 Å². The maximum absolute atomic E-state index is 12.3. The van der Waals surface area contributed by atoms with Gasteiger partial charge < -0.3 is 9.64 Å². The Morgan fingerprint density at radius 3 is 1.93 bits per heavy atom. The van der Waals surface area contributed by atoms with Crippen LogP contribution < -0.4 is 0 Å². The summed E-state index contributed by atoms with van der Waals surface area (Å²) >= 11 is 0. The van der Waals surface area contributed by atoms with Gasteiger partial charge in [-0.3, -0.25) is 4.79 Å². The highest BCUT2D eigenvalue weighted by molar-refractivity contribution is 5.74. The van der Waals surface area contributed by atoms with Gasteiger partial charge in [0.1, 0.15) is 0 Å². The topological polar surface area (TPSA) is 29.5 Å². The summed E-state index contributed by atoms with van der Waals surface area (Å²) < 4.78 is 41.4. The van der Waals surface area contributed by atoms with Crippen LogP contribution in [-0.4, -0.2) is 42.8 Å². The lowest BCUT2D eigenvalue weighted by Gasteiger charge is -2.48. The van der Waals surface area contributed by atoms with E-state index in [1.807, 2.05) is 13.8 Å². The van der Waals surface area contributed by atoms with Crippen LogP contribution >= 0.6 is 0 Å². The Hall–Kier alpha value is -0.780. The van der Waals surface area contributed by atoms with Crippen molar-refractivity contribution in [3.8, 4) is 0 Å². The van der Waals surface area contributed by atoms with Crippen LogP contribution in [0.5, 0.6) is 0 Å². The van der Waals surface area contributed by atoms with Gasteiger partial charge in [-0.25, -0.2) is 0 Å². The lowest BCUT2D eigenvalue weighted by Crippen LogP contribution is -2.70. The Balaban J connectivity index is 0.000000921. The number of methoxy groups -OCH3 is 1. The van der Waals surface area contributed by atoms with Crippen LogP contribution in [-0.2, 0) is 9.53 Å². The third-order valence-electron chi connectivity index (χ3n) is 2.25. The molecule has 0 radical (unpaired) electrons. The van der Waals surface area contributed by atoms with Crippen LogP contribution in [0.2, 0.25) is 0 Å². The molecule has 0 aromatic carbocycles. The predicted octanol–water partition coefficient (Wildman–Crippen LogP) is 1.82. The van der Waals surface area contributed by atoms with Gasteiger partial charge in [-0.05, 0) is 0 Å². The highest BCUT2D eigenvalue weighted by Crippen LogP contribution is 2.40. The van der Waals surface area contributed by atoms with E-state index in [9.17, 15) is 18.0 Å². The molecular formula is C9H16F3NO2. The van der Waals surface area contributed by atoms with E-state index in [4.69, 9.17) is 0 Å². The summed E-state index contributed by atoms with van der Waals surface area (Å²) in [6, 6.07) is 0. The maximum atomic E-state index is 12.3. The molecule has 0 aromatic heterocycles. The molecule has 0 atom stereocenters. The van der Waals surface area contributed by atoms with Gasteiger partial charge in [-0.15, -0.1) is 0 Å². The first-order valence-electron chi connectivity index (χ1n) is 4.70. The Labute approximate surface area is 87.2 Å². The van der Waals surface area contributed by atoms with E-state index in [2.05, 4.69) is 4.74 Å². The van der Waals surface area contributed by atoms with E-state index in [1.54, 1.807) is 0 Å². The fourth-order valence-electron chi connectivity index (χ4n) is 1.22. The standard InChI is InChI=1S/C7H10F3NO2.C2H6/c1-5(12)11-3-6(4-11,13-2)7(8,9)10;1-2/h3-4H2,1-2H3;1-2H3. The molecule has 1 saturated heterocycles. The molecule has 0 unspecified atom stereocenters. The van der Waals surface area contributed by atoms with Crippen molar-refractivity contribution in [2.45, 2.75) is 32.5 Å². The van der Waals surface area contributed by atoms with E-state index >= 15 is 0 Å². The smallest absolute Gasteiger partial charge is 0.365 e. The third-order valence-corrected chi connectivity index (χ3v) is 2.25. The lowest BCUT2D eigenvalue weighted by molar-refractivity contribution is -0.306. The quantitative estimate of drug-likeness (QED) is 0.684. The Morgan fingerprint density at radius 2 is 1.73 bits per heavy atom. The second-order valence-electron chi connectivity index (χ2n) is 3.07. The highest BCUT2D eigenvalue weighted by Gasteiger charge is 2.63. The SMILES string of the molecule is CC.COC1(C(F)(F)F)CN(C(C)=O)C1. The fraction of sp³-hybridized carbons (Fsp3) is 0.889. The van der Waals surface area contributed by atoms with Gasteiger partial charge in [0.25, 0.3) is 0 Å². The molecule has 0 spiro atoms. The molecule has 1 heterocycles. The molecule has 1 rings (SSSR count). The van der Waals surface area contributed by atoms with Gasteiger partial charge in [0, 0.05) is 14.0 Å². The molecule has 90 valence electrons. The second-order valence-corrected chi connectivity index (χ2v) is 3.07. The van der Waals surface area contributed by atoms with Crippen LogP contribution in [0.15, 0.2) is 0 Å². The Kier molecular flexibility index (Phi) is 4.58. The van der Waals surface area contributed by atoms with E-state index in [0.717, 1.165) is 12.0 Å². The minimum absolute atomic E-state index is 0.364. The van der Waals surface area contributed by atoms with Crippen molar-refractivity contribution in [2.24, 2.45) is 0 Å². The summed E-state index contributed by atoms with van der Waals surface area (Å²) in [6.07, 6.45) is -4.41. The number of nitrogens with zero attached hydrogens (tertiary/aromatic N) is 1. The van der Waals surface area contributed by atoms with Gasteiger partial charge >= 0.3 is 6.18 Å². The van der Waals surface area contributed by atoms with Gasteiger partial charge in [0.15, 0.2) is 5.60 Å². The van der Waals surface area contributed by atoms with E-state index in [0.29, 0.717) is 0 Å². The van der Waals surface area contributed by atoms with Crippen molar-refractivity contribution in [3.05, 3.63) is 0 Å². The van der Waals surface area contributed by atoms with Crippen molar-refractivity contribution in [1.82, 2.24) is 4.90 Å². The molecule has 6 heteroatoms. The molecule has 1 amide bonds. The molecule has 0 bridgehead atoms. The van der Waals surface area contributed by atoms with Crippen LogP contribution in [0, 0.1) is 0 Å². The van der Waals surface area contributed by atoms with Gasteiger partial charge in [-0.1, -0.05) is 13.8 Å². The number of hydrogen-bond donors (Lipinski definition) is 0. The number of amides is 1. The van der Waals surface area contributed by atoms with Gasteiger partial charge in [-0.2, -0.15) is 13.2 Å². The molecule has 3 nitrogen and oxygen atoms in total. The first-order valence-corrected chi connectivity index (χ1v) is 4.70. The van der Waals surface area contributed by atoms with Crippen LogP contribution in [0.3, 0.4) is 0 Å². The van der Waals surface area contributed by atoms with Crippen molar-refractivity contribution in [2.75, 3.05) is 20.2 Å². The maximum Gasteiger partial charge on any atom is 0.420 e. The predicted molar refractivity (Wildman–Crippen MR) is 49.4 cm³/mol. The fourth-order valence-corrected chi connectivity index (χ4v) is 1.22. The summed E-state index contributed by atoms with van der Waals surface area (Å²) in [5, 5.41) is 0. The highest BCUT2D eigenvalue weighted by atomic mass is 19.4. The zero-order valence-electron chi connectivity index (χ0n) is 9.31. The Bertz CT molecular complexity index is 222. The number of halogens is 3. The largest absolute Gasteiger partial charge is 0.420 e. The molecule has 15 heavy (non-hydrogen) atoms. The summed E-state index contributed by atoms with van der Waals surface area (Å²) in [5.41, 5.74) is -2.14. The number of alkyl halides is 3. The van der Waals surface area contributed by atoms with Crippen LogP contribution in [0.25, 0.3) is 0 Å². The van der Waals surface area contributed by atoms with Gasteiger partial charge in [0.05, 0.1) is 13.1 Å². The first-order chi connectivity index (χ1) is 6.82. The number of likely N-dealkylation sites (tertiary alicyclic amines) is 1. The average Bonchev–Trinajstić information content (AvgIpc) is 2.03. The van der Waals surface area contributed by atoms with E-state index in [1.165, 1.54) is 6.92 Å². The lowest BCUT2D eigenvalue weighted by atomic mass is 9.93. The molecule has 0 saturated carbocycles. The summed E-state index contributed by atoms with van der Waals surface area (Å²) in [6.45, 7) is 4.43. The number of carbonyl (C=O) groups excluding carboxylic acids is 1. The molecule has 1 fully saturated rings. The Morgan fingerprint density at radius 1 is 1.33 bits per heavy atom. The second kappa shape index (κ2) is 4.83. The van der Waals surface area contributed by atoms with Crippen molar-refractivity contribution < 1.29 is 22.7 Å². The number of hydrogen-bond acceptors (Lipinski definition) is 2. The van der Waals surface area contributed by atoms with Crippen molar-refractivity contribution in [3.63, 3.8) is 0 Å². The molecule has 0 aromatic rings. The molecule has 1 aliphatic rings. The first kappa shape index (κ1) is 14.2. The van der Waals surface area contributed by atoms with Crippen molar-refractivity contribution in [1.29, 1.82) is 0 Å². The monoisotopic (exact) mass is 227 g/mol. The molecular weight excluding hydrogens is 211 g/mol. The van der Waals surface area contributed by atoms with Crippen molar-refractivity contribution >= 4 is 5.91 Å². The number of carbonyl (C=O) groups is 1. The molecule has 1 aliphatic heterocycles. The number of rotatable bonds is 1. The zero-order chi connectivity index (χ0) is 12.3. The van der Waals surface area contributed by atoms with E-state index < -0.39 is 24.9 Å². The summed E-state index contributed by atoms with van der Waals surface area (Å²) in [4.78, 5) is 11.8. The average molecular weight is 227 g/mol. The van der Waals surface area contributed by atoms with Gasteiger partial charge in [0.2, 0.25) is 5.91 Å². The minimum atomic E-state index is -4.41. The van der Waals surface area contributed by atoms with Crippen LogP contribution in [0.4, 0.5) is 13.2 Å². The minimum Gasteiger partial charge on any atom is -0.365 e. The third kappa shape index (κ3) is 2.62. The molecule has 0 N–H and O–H groups in total. The zero-order valence-corrected chi connectivity index (χ0v) is 9.31. The molecule has 0 aliphatic carbocycles. The van der Waals surface area contributed by atoms with E-state index in [-0.39, 0.29) is 5.91 Å². The summed E-state index contributed by atoms with van der Waals surface area (Å²) in [5.74, 6) is -0.364. The summed E-state index contributed by atoms with van der Waals surface area (Å²) in [7, 11) is 1.00. The normalized spacial score (nSPS) is 18.7. The number of ether oxygens (including phenoxy) is 1.